The van der Waals surface area contributed by atoms with E-state index in [1.165, 1.54) is 30.3 Å². The smallest absolute Gasteiger partial charge is 0.258 e. The van der Waals surface area contributed by atoms with Gasteiger partial charge in [-0.3, -0.25) is 0 Å². The van der Waals surface area contributed by atoms with E-state index in [4.69, 9.17) is 9.47 Å². The van der Waals surface area contributed by atoms with Crippen molar-refractivity contribution in [1.29, 1.82) is 0 Å². The molecule has 0 saturated heterocycles. The molecule has 0 aromatic heterocycles. The van der Waals surface area contributed by atoms with Gasteiger partial charge in [0.25, 0.3) is 5.92 Å². The lowest BCUT2D eigenvalue weighted by molar-refractivity contribution is 0.0846. The Bertz CT molecular complexity index is 1060. The Morgan fingerprint density at radius 1 is 0.875 bits per heavy atom. The second kappa shape index (κ2) is 8.85. The fourth-order valence-corrected chi connectivity index (χ4v) is 4.11. The minimum atomic E-state index is -2.74. The molecule has 0 radical (unpaired) electrons. The molecule has 6 heteroatoms. The van der Waals surface area contributed by atoms with Gasteiger partial charge in [0.05, 0.1) is 12.0 Å². The molecule has 0 heterocycles. The number of alkyl halides is 2. The Balaban J connectivity index is 1.42. The van der Waals surface area contributed by atoms with Crippen molar-refractivity contribution < 1.29 is 27.0 Å². The van der Waals surface area contributed by atoms with Gasteiger partial charge < -0.3 is 9.47 Å². The van der Waals surface area contributed by atoms with Crippen LogP contribution >= 0.6 is 0 Å². The lowest BCUT2D eigenvalue weighted by Gasteiger charge is -2.18. The quantitative estimate of drug-likeness (QED) is 0.319. The zero-order valence-corrected chi connectivity index (χ0v) is 17.7. The molecule has 1 aliphatic rings. The Morgan fingerprint density at radius 3 is 2.16 bits per heavy atom. The zero-order valence-electron chi connectivity index (χ0n) is 17.7. The summed E-state index contributed by atoms with van der Waals surface area (Å²) in [6, 6.07) is 16.7. The summed E-state index contributed by atoms with van der Waals surface area (Å²) in [7, 11) is 0. The Labute approximate surface area is 184 Å². The molecule has 4 rings (SSSR count). The Morgan fingerprint density at radius 2 is 1.53 bits per heavy atom. The molecule has 1 fully saturated rings. The molecule has 0 spiro atoms. The molecule has 1 saturated carbocycles. The largest absolute Gasteiger partial charge is 0.494 e. The normalized spacial score (nSPS) is 18.9. The lowest BCUT2D eigenvalue weighted by Crippen LogP contribution is -2.17. The van der Waals surface area contributed by atoms with E-state index < -0.39 is 23.0 Å². The van der Waals surface area contributed by atoms with Crippen LogP contribution in [0.5, 0.6) is 17.2 Å². The fourth-order valence-electron chi connectivity index (χ4n) is 4.11. The summed E-state index contributed by atoms with van der Waals surface area (Å²) < 4.78 is 66.9. The maximum Gasteiger partial charge on any atom is 0.258 e. The monoisotopic (exact) mass is 444 g/mol. The van der Waals surface area contributed by atoms with Gasteiger partial charge in [-0.25, -0.2) is 17.6 Å². The summed E-state index contributed by atoms with van der Waals surface area (Å²) in [5, 5.41) is 0. The minimum Gasteiger partial charge on any atom is -0.494 e. The number of rotatable bonds is 9. The second-order valence-electron chi connectivity index (χ2n) is 8.10. The van der Waals surface area contributed by atoms with Crippen LogP contribution in [0.3, 0.4) is 0 Å². The standard InChI is InChI=1S/C26H24F4O2/c1-2-31-21-10-6-19(7-11-21)25(17-26(25,29)30)15-3-4-18-5-14-23(28)24(16-18)32-22-12-8-20(27)9-13-22/h5-14,16H,2-4,15,17H2,1H3. The van der Waals surface area contributed by atoms with Gasteiger partial charge in [-0.1, -0.05) is 18.2 Å². The summed E-state index contributed by atoms with van der Waals surface area (Å²) in [6.07, 6.45) is 1.18. The van der Waals surface area contributed by atoms with E-state index in [1.807, 2.05) is 6.92 Å². The molecule has 0 amide bonds. The van der Waals surface area contributed by atoms with Crippen LogP contribution in [0.4, 0.5) is 17.6 Å². The third-order valence-corrected chi connectivity index (χ3v) is 5.92. The van der Waals surface area contributed by atoms with Gasteiger partial charge >= 0.3 is 0 Å². The van der Waals surface area contributed by atoms with Crippen molar-refractivity contribution in [1.82, 2.24) is 0 Å². The van der Waals surface area contributed by atoms with Gasteiger partial charge in [0.2, 0.25) is 0 Å². The Kier molecular flexibility index (Phi) is 6.13. The molecule has 168 valence electrons. The summed E-state index contributed by atoms with van der Waals surface area (Å²) in [5.41, 5.74) is 0.241. The van der Waals surface area contributed by atoms with Crippen LogP contribution in [0.2, 0.25) is 0 Å². The summed E-state index contributed by atoms with van der Waals surface area (Å²) in [4.78, 5) is 0. The van der Waals surface area contributed by atoms with Crippen LogP contribution in [0.15, 0.2) is 66.7 Å². The number of halogens is 4. The first-order valence-electron chi connectivity index (χ1n) is 10.7. The van der Waals surface area contributed by atoms with Crippen LogP contribution in [0.25, 0.3) is 0 Å². The average molecular weight is 444 g/mol. The van der Waals surface area contributed by atoms with E-state index in [0.29, 0.717) is 42.9 Å². The van der Waals surface area contributed by atoms with E-state index in [9.17, 15) is 17.6 Å². The van der Waals surface area contributed by atoms with Crippen LogP contribution in [-0.4, -0.2) is 12.5 Å². The molecule has 3 aromatic carbocycles. The van der Waals surface area contributed by atoms with Crippen molar-refractivity contribution >= 4 is 0 Å². The van der Waals surface area contributed by atoms with E-state index >= 15 is 0 Å². The van der Waals surface area contributed by atoms with Gasteiger partial charge in [-0.15, -0.1) is 0 Å². The van der Waals surface area contributed by atoms with Gasteiger partial charge in [-0.05, 0) is 85.8 Å². The Hall–Kier alpha value is -3.02. The number of hydrogen-bond acceptors (Lipinski definition) is 2. The number of benzene rings is 3. The maximum atomic E-state index is 14.4. The van der Waals surface area contributed by atoms with Crippen molar-refractivity contribution in [3.8, 4) is 17.2 Å². The molecular weight excluding hydrogens is 420 g/mol. The van der Waals surface area contributed by atoms with Crippen molar-refractivity contribution in [3.63, 3.8) is 0 Å². The predicted octanol–water partition coefficient (Wildman–Crippen LogP) is 7.46. The highest BCUT2D eigenvalue weighted by Crippen LogP contribution is 2.64. The van der Waals surface area contributed by atoms with E-state index in [2.05, 4.69) is 0 Å². The number of hydrogen-bond donors (Lipinski definition) is 0. The molecule has 0 aliphatic heterocycles. The molecule has 1 aliphatic carbocycles. The minimum absolute atomic E-state index is 0.0205. The predicted molar refractivity (Wildman–Crippen MR) is 115 cm³/mol. The highest BCUT2D eigenvalue weighted by molar-refractivity contribution is 5.41. The molecular formula is C26H24F4O2. The summed E-state index contributed by atoms with van der Waals surface area (Å²) in [6.45, 7) is 2.39. The molecule has 32 heavy (non-hydrogen) atoms. The number of ether oxygens (including phenoxy) is 2. The highest BCUT2D eigenvalue weighted by Gasteiger charge is 2.70. The second-order valence-corrected chi connectivity index (χ2v) is 8.10. The molecule has 2 nitrogen and oxygen atoms in total. The van der Waals surface area contributed by atoms with E-state index in [0.717, 1.165) is 5.56 Å². The summed E-state index contributed by atoms with van der Waals surface area (Å²) in [5.74, 6) is -2.70. The SMILES string of the molecule is CCOc1ccc(C2(CCCc3ccc(F)c(Oc4ccc(F)cc4)c3)CC2(F)F)cc1. The molecule has 0 bridgehead atoms. The average Bonchev–Trinajstić information content (AvgIpc) is 3.34. The van der Waals surface area contributed by atoms with Crippen LogP contribution in [0.1, 0.15) is 37.3 Å². The maximum absolute atomic E-state index is 14.4. The molecule has 3 aromatic rings. The molecule has 0 N–H and O–H groups in total. The van der Waals surface area contributed by atoms with E-state index in [1.54, 1.807) is 36.4 Å². The van der Waals surface area contributed by atoms with Crippen LogP contribution in [-0.2, 0) is 11.8 Å². The third kappa shape index (κ3) is 4.59. The zero-order chi connectivity index (χ0) is 22.8. The van der Waals surface area contributed by atoms with Crippen LogP contribution < -0.4 is 9.47 Å². The highest BCUT2D eigenvalue weighted by atomic mass is 19.3. The van der Waals surface area contributed by atoms with Gasteiger partial charge in [0.15, 0.2) is 11.6 Å². The number of aryl methyl sites for hydroxylation is 1. The lowest BCUT2D eigenvalue weighted by atomic mass is 9.88. The van der Waals surface area contributed by atoms with Crippen molar-refractivity contribution in [2.75, 3.05) is 6.61 Å². The first-order valence-corrected chi connectivity index (χ1v) is 10.7. The van der Waals surface area contributed by atoms with Crippen molar-refractivity contribution in [2.24, 2.45) is 0 Å². The summed E-state index contributed by atoms with van der Waals surface area (Å²) >= 11 is 0. The first-order chi connectivity index (χ1) is 15.3. The first kappa shape index (κ1) is 22.2. The van der Waals surface area contributed by atoms with Crippen molar-refractivity contribution in [2.45, 2.75) is 43.9 Å². The van der Waals surface area contributed by atoms with Crippen LogP contribution in [0, 0.1) is 11.6 Å². The fraction of sp³-hybridized carbons (Fsp3) is 0.308. The molecule has 1 unspecified atom stereocenters. The van der Waals surface area contributed by atoms with Gasteiger partial charge in [-0.2, -0.15) is 0 Å². The topological polar surface area (TPSA) is 18.5 Å². The van der Waals surface area contributed by atoms with Crippen molar-refractivity contribution in [3.05, 3.63) is 89.5 Å². The van der Waals surface area contributed by atoms with Gasteiger partial charge in [0.1, 0.15) is 17.3 Å². The molecule has 1 atom stereocenters. The third-order valence-electron chi connectivity index (χ3n) is 5.92. The van der Waals surface area contributed by atoms with E-state index in [-0.39, 0.29) is 12.2 Å². The van der Waals surface area contributed by atoms with Gasteiger partial charge in [0, 0.05) is 6.42 Å².